The molecule has 38 heavy (non-hydrogen) atoms. The number of carbonyl (C=O) groups excluding carboxylic acids is 2. The summed E-state index contributed by atoms with van der Waals surface area (Å²) >= 11 is 9.10. The van der Waals surface area contributed by atoms with E-state index in [0.29, 0.717) is 55.6 Å². The standard InChI is InChI=1S/C27H21ClN6O2S2/c1-14-9-10-19-16(11-14)27(24(36)31-19)17(12-29)23(30)34(20-7-4-8-21(35)22(20)27)25-32-33-26(38-25)37-13-15-5-2-3-6-18(15)28/h2-3,5-6,9-11H,4,7-8,13,30H2,1H3,(H,31,36). The van der Waals surface area contributed by atoms with Crippen molar-refractivity contribution in [3.63, 3.8) is 0 Å². The Morgan fingerprint density at radius 3 is 2.84 bits per heavy atom. The number of anilines is 2. The van der Waals surface area contributed by atoms with E-state index in [2.05, 4.69) is 21.6 Å². The Bertz CT molecular complexity index is 1640. The number of ketones is 1. The van der Waals surface area contributed by atoms with E-state index in [4.69, 9.17) is 17.3 Å². The van der Waals surface area contributed by atoms with E-state index in [1.807, 2.05) is 43.3 Å². The zero-order valence-corrected chi connectivity index (χ0v) is 22.6. The van der Waals surface area contributed by atoms with E-state index in [1.165, 1.54) is 23.1 Å². The van der Waals surface area contributed by atoms with Gasteiger partial charge < -0.3 is 11.1 Å². The number of allylic oxidation sites excluding steroid dienone is 1. The first-order chi connectivity index (χ1) is 18.4. The first-order valence-electron chi connectivity index (χ1n) is 12.0. The first kappa shape index (κ1) is 24.7. The minimum Gasteiger partial charge on any atom is -0.384 e. The molecule has 0 fully saturated rings. The van der Waals surface area contributed by atoms with E-state index in [9.17, 15) is 14.9 Å². The van der Waals surface area contributed by atoms with Crippen LogP contribution in [0.25, 0.3) is 0 Å². The van der Waals surface area contributed by atoms with Crippen LogP contribution in [0, 0.1) is 18.3 Å². The molecule has 3 heterocycles. The summed E-state index contributed by atoms with van der Waals surface area (Å²) in [5.74, 6) is 0.0888. The number of nitriles is 1. The third kappa shape index (κ3) is 3.57. The number of Topliss-reactive ketones (excluding diaryl/α,β-unsaturated/α-hetero) is 1. The molecule has 2 aromatic carbocycles. The lowest BCUT2D eigenvalue weighted by Gasteiger charge is -2.42. The van der Waals surface area contributed by atoms with Crippen LogP contribution in [0.3, 0.4) is 0 Å². The summed E-state index contributed by atoms with van der Waals surface area (Å²) in [7, 11) is 0. The van der Waals surface area contributed by atoms with Crippen LogP contribution in [0.5, 0.6) is 0 Å². The maximum Gasteiger partial charge on any atom is 0.245 e. The van der Waals surface area contributed by atoms with E-state index in [0.717, 1.165) is 11.1 Å². The van der Waals surface area contributed by atoms with Crippen molar-refractivity contribution in [2.45, 2.75) is 41.7 Å². The topological polar surface area (TPSA) is 125 Å². The second-order valence-electron chi connectivity index (χ2n) is 9.29. The predicted molar refractivity (Wildman–Crippen MR) is 148 cm³/mol. The number of fused-ring (bicyclic) bond motifs is 3. The van der Waals surface area contributed by atoms with Crippen molar-refractivity contribution in [3.05, 3.63) is 86.8 Å². The van der Waals surface area contributed by atoms with Crippen LogP contribution in [0.2, 0.25) is 5.02 Å². The molecule has 1 unspecified atom stereocenters. The van der Waals surface area contributed by atoms with Gasteiger partial charge in [0.1, 0.15) is 17.3 Å². The molecule has 0 radical (unpaired) electrons. The van der Waals surface area contributed by atoms with Gasteiger partial charge in [0.15, 0.2) is 10.1 Å². The number of nitrogens with zero attached hydrogens (tertiary/aromatic N) is 4. The smallest absolute Gasteiger partial charge is 0.245 e. The number of carbonyl (C=O) groups is 2. The number of amides is 1. The number of nitrogens with two attached hydrogens (primary N) is 1. The maximum absolute atomic E-state index is 13.7. The molecule has 2 aliphatic heterocycles. The summed E-state index contributed by atoms with van der Waals surface area (Å²) in [6.45, 7) is 1.91. The van der Waals surface area contributed by atoms with E-state index in [1.54, 1.807) is 11.0 Å². The van der Waals surface area contributed by atoms with Crippen LogP contribution in [0.1, 0.15) is 36.0 Å². The van der Waals surface area contributed by atoms with Crippen molar-refractivity contribution in [3.8, 4) is 6.07 Å². The quantitative estimate of drug-likeness (QED) is 0.417. The van der Waals surface area contributed by atoms with Crippen LogP contribution in [-0.4, -0.2) is 21.9 Å². The summed E-state index contributed by atoms with van der Waals surface area (Å²) < 4.78 is 0.690. The minimum atomic E-state index is -1.59. The van der Waals surface area contributed by atoms with Crippen molar-refractivity contribution in [1.29, 1.82) is 5.26 Å². The molecule has 6 rings (SSSR count). The first-order valence-corrected chi connectivity index (χ1v) is 14.1. The number of rotatable bonds is 4. The molecule has 0 saturated carbocycles. The zero-order chi connectivity index (χ0) is 26.6. The van der Waals surface area contributed by atoms with Crippen molar-refractivity contribution in [2.24, 2.45) is 5.73 Å². The third-order valence-electron chi connectivity index (χ3n) is 7.08. The predicted octanol–water partition coefficient (Wildman–Crippen LogP) is 5.20. The van der Waals surface area contributed by atoms with Gasteiger partial charge in [0.05, 0.1) is 5.57 Å². The maximum atomic E-state index is 13.7. The second kappa shape index (κ2) is 9.27. The average Bonchev–Trinajstić information content (AvgIpc) is 3.47. The normalized spacial score (nSPS) is 20.5. The van der Waals surface area contributed by atoms with Crippen molar-refractivity contribution in [2.75, 3.05) is 10.2 Å². The Labute approximate surface area is 232 Å². The SMILES string of the molecule is Cc1ccc2c(c1)C1(C(=O)N2)C(C#N)=C(N)N(c2nnc(SCc3ccccc3Cl)s2)C2=C1C(=O)CCC2. The number of nitrogens with one attached hydrogen (secondary N) is 1. The highest BCUT2D eigenvalue weighted by atomic mass is 35.5. The van der Waals surface area contributed by atoms with Crippen molar-refractivity contribution >= 4 is 57.2 Å². The fourth-order valence-corrected chi connectivity index (χ4v) is 7.60. The number of thioether (sulfide) groups is 1. The van der Waals surface area contributed by atoms with Crippen LogP contribution in [0.15, 0.2) is 69.5 Å². The number of aromatic nitrogens is 2. The Morgan fingerprint density at radius 1 is 1.24 bits per heavy atom. The second-order valence-corrected chi connectivity index (χ2v) is 11.9. The number of hydrogen-bond donors (Lipinski definition) is 2. The molecule has 190 valence electrons. The monoisotopic (exact) mass is 560 g/mol. The van der Waals surface area contributed by atoms with Gasteiger partial charge >= 0.3 is 0 Å². The summed E-state index contributed by atoms with van der Waals surface area (Å²) in [6.07, 6.45) is 1.41. The molecule has 1 aliphatic carbocycles. The molecule has 11 heteroatoms. The Hall–Kier alpha value is -3.65. The lowest BCUT2D eigenvalue weighted by atomic mass is 9.64. The van der Waals surface area contributed by atoms with Crippen molar-refractivity contribution in [1.82, 2.24) is 10.2 Å². The third-order valence-corrected chi connectivity index (χ3v) is 9.54. The molecule has 0 bridgehead atoms. The van der Waals surface area contributed by atoms with Crippen molar-refractivity contribution < 1.29 is 9.59 Å². The van der Waals surface area contributed by atoms with Gasteiger partial charge in [0, 0.05) is 39.7 Å². The average molecular weight is 561 g/mol. The van der Waals surface area contributed by atoms with Gasteiger partial charge in [-0.25, -0.2) is 0 Å². The molecule has 1 amide bonds. The van der Waals surface area contributed by atoms with Gasteiger partial charge in [-0.15, -0.1) is 10.2 Å². The molecular weight excluding hydrogens is 540 g/mol. The molecule has 1 aromatic heterocycles. The summed E-state index contributed by atoms with van der Waals surface area (Å²) in [5.41, 5.74) is 9.08. The number of aryl methyl sites for hydroxylation is 1. The highest BCUT2D eigenvalue weighted by molar-refractivity contribution is 8.00. The fourth-order valence-electron chi connectivity index (χ4n) is 5.43. The molecule has 3 aliphatic rings. The molecule has 8 nitrogen and oxygen atoms in total. The van der Waals surface area contributed by atoms with E-state index in [-0.39, 0.29) is 23.6 Å². The van der Waals surface area contributed by atoms with E-state index < -0.39 is 11.3 Å². The van der Waals surface area contributed by atoms with Gasteiger partial charge in [-0.3, -0.25) is 14.5 Å². The van der Waals surface area contributed by atoms with Gasteiger partial charge in [-0.1, -0.05) is 70.6 Å². The molecule has 0 saturated heterocycles. The number of hydrogen-bond acceptors (Lipinski definition) is 9. The largest absolute Gasteiger partial charge is 0.384 e. The summed E-state index contributed by atoms with van der Waals surface area (Å²) in [6, 6.07) is 15.3. The highest BCUT2D eigenvalue weighted by Crippen LogP contribution is 2.55. The van der Waals surface area contributed by atoms with Crippen LogP contribution >= 0.6 is 34.7 Å². The minimum absolute atomic E-state index is 0.0221. The Balaban J connectivity index is 1.48. The Kier molecular flexibility index (Phi) is 6.02. The number of benzene rings is 2. The van der Waals surface area contributed by atoms with Gasteiger partial charge in [0.2, 0.25) is 11.0 Å². The summed E-state index contributed by atoms with van der Waals surface area (Å²) in [4.78, 5) is 29.0. The number of halogens is 1. The lowest BCUT2D eigenvalue weighted by Crippen LogP contribution is -2.50. The molecule has 1 spiro atoms. The Morgan fingerprint density at radius 2 is 2.05 bits per heavy atom. The van der Waals surface area contributed by atoms with Crippen LogP contribution < -0.4 is 16.0 Å². The molecule has 3 N–H and O–H groups in total. The van der Waals surface area contributed by atoms with Crippen LogP contribution in [-0.2, 0) is 20.8 Å². The van der Waals surface area contributed by atoms with Gasteiger partial charge in [0.25, 0.3) is 0 Å². The highest BCUT2D eigenvalue weighted by Gasteiger charge is 2.60. The summed E-state index contributed by atoms with van der Waals surface area (Å²) in [5, 5.41) is 23.1. The van der Waals surface area contributed by atoms with E-state index >= 15 is 0 Å². The van der Waals surface area contributed by atoms with Gasteiger partial charge in [-0.05, 0) is 37.5 Å². The molecule has 3 aromatic rings. The molecular formula is C27H21ClN6O2S2. The van der Waals surface area contributed by atoms with Gasteiger partial charge in [-0.2, -0.15) is 5.26 Å². The van der Waals surface area contributed by atoms with Crippen LogP contribution in [0.4, 0.5) is 10.8 Å². The molecule has 1 atom stereocenters. The zero-order valence-electron chi connectivity index (χ0n) is 20.2. The fraction of sp³-hybridized carbons (Fsp3) is 0.222. The lowest BCUT2D eigenvalue weighted by molar-refractivity contribution is -0.122.